The minimum atomic E-state index is 0.161. The molecule has 2 rings (SSSR count). The summed E-state index contributed by atoms with van der Waals surface area (Å²) in [6.07, 6.45) is 2.13. The van der Waals surface area contributed by atoms with Crippen LogP contribution in [0.4, 0.5) is 0 Å². The van der Waals surface area contributed by atoms with Crippen molar-refractivity contribution < 1.29 is 4.74 Å². The predicted octanol–water partition coefficient (Wildman–Crippen LogP) is 3.02. The molecule has 0 aliphatic carbocycles. The number of halogens is 1. The molecule has 5 nitrogen and oxygen atoms in total. The van der Waals surface area contributed by atoms with Crippen LogP contribution in [-0.4, -0.2) is 68.3 Å². The Morgan fingerprint density at radius 2 is 2.08 bits per heavy atom. The van der Waals surface area contributed by atoms with Gasteiger partial charge in [-0.15, -0.1) is 0 Å². The second kappa shape index (κ2) is 10.4. The number of nitrogens with one attached hydrogen (secondary N) is 2. The second-order valence-corrected chi connectivity index (χ2v) is 8.94. The highest BCUT2D eigenvalue weighted by Crippen LogP contribution is 2.24. The lowest BCUT2D eigenvalue weighted by atomic mass is 10.0. The number of nitrogens with zero attached hydrogens (tertiary/aromatic N) is 2. The van der Waals surface area contributed by atoms with Gasteiger partial charge < -0.3 is 15.4 Å². The summed E-state index contributed by atoms with van der Waals surface area (Å²) in [5.74, 6) is 0.826. The van der Waals surface area contributed by atoms with Gasteiger partial charge in [-0.2, -0.15) is 11.8 Å². The zero-order valence-corrected chi connectivity index (χ0v) is 17.8. The first-order valence-corrected chi connectivity index (χ1v) is 10.6. The molecule has 0 spiro atoms. The quantitative estimate of drug-likeness (QED) is 0.546. The molecule has 0 radical (unpaired) electrons. The van der Waals surface area contributed by atoms with E-state index < -0.39 is 0 Å². The molecule has 1 fully saturated rings. The Labute approximate surface area is 166 Å². The van der Waals surface area contributed by atoms with Gasteiger partial charge >= 0.3 is 0 Å². The summed E-state index contributed by atoms with van der Waals surface area (Å²) < 4.78 is 5.68. The van der Waals surface area contributed by atoms with Crippen molar-refractivity contribution in [1.82, 2.24) is 15.5 Å². The fourth-order valence-corrected chi connectivity index (χ4v) is 3.26. The molecule has 1 aromatic carbocycles. The van der Waals surface area contributed by atoms with Crippen LogP contribution in [0.15, 0.2) is 29.3 Å². The van der Waals surface area contributed by atoms with Crippen LogP contribution in [0.25, 0.3) is 0 Å². The molecule has 1 aliphatic heterocycles. The number of ether oxygens (including phenoxy) is 1. The molecule has 146 valence electrons. The van der Waals surface area contributed by atoms with Gasteiger partial charge in [-0.05, 0) is 37.8 Å². The maximum atomic E-state index is 6.23. The lowest BCUT2D eigenvalue weighted by Gasteiger charge is -2.35. The van der Waals surface area contributed by atoms with Gasteiger partial charge in [0.1, 0.15) is 0 Å². The Balaban J connectivity index is 2.03. The number of rotatable bonds is 7. The van der Waals surface area contributed by atoms with Crippen molar-refractivity contribution in [2.75, 3.05) is 52.7 Å². The number of morpholine rings is 1. The van der Waals surface area contributed by atoms with Crippen molar-refractivity contribution in [2.45, 2.75) is 24.6 Å². The molecule has 0 bridgehead atoms. The molecule has 1 heterocycles. The minimum absolute atomic E-state index is 0.161. The van der Waals surface area contributed by atoms with Crippen LogP contribution in [0.2, 0.25) is 5.02 Å². The molecule has 0 aromatic heterocycles. The van der Waals surface area contributed by atoms with E-state index >= 15 is 0 Å². The van der Waals surface area contributed by atoms with Crippen LogP contribution in [0, 0.1) is 0 Å². The molecule has 7 heteroatoms. The monoisotopic (exact) mass is 398 g/mol. The van der Waals surface area contributed by atoms with Crippen molar-refractivity contribution >= 4 is 29.3 Å². The zero-order chi connectivity index (χ0) is 19.0. The molecule has 1 atom stereocenters. The van der Waals surface area contributed by atoms with Crippen LogP contribution in [0.1, 0.15) is 25.5 Å². The van der Waals surface area contributed by atoms with Crippen molar-refractivity contribution in [2.24, 2.45) is 4.99 Å². The average molecular weight is 399 g/mol. The summed E-state index contributed by atoms with van der Waals surface area (Å²) in [4.78, 5) is 6.82. The fourth-order valence-electron chi connectivity index (χ4n) is 2.84. The third-order valence-electron chi connectivity index (χ3n) is 4.64. The molecule has 0 saturated carbocycles. The van der Waals surface area contributed by atoms with Crippen LogP contribution < -0.4 is 10.6 Å². The summed E-state index contributed by atoms with van der Waals surface area (Å²) >= 11 is 8.07. The second-order valence-electron chi connectivity index (χ2n) is 6.99. The van der Waals surface area contributed by atoms with Gasteiger partial charge in [-0.25, -0.2) is 0 Å². The fraction of sp³-hybridized carbons (Fsp3) is 0.632. The summed E-state index contributed by atoms with van der Waals surface area (Å²) in [5, 5.41) is 7.68. The first kappa shape index (κ1) is 21.4. The number of thioether (sulfide) groups is 1. The van der Waals surface area contributed by atoms with Crippen LogP contribution in [-0.2, 0) is 4.74 Å². The Hall–Kier alpha value is -0.950. The highest BCUT2D eigenvalue weighted by Gasteiger charge is 2.23. The molecular weight excluding hydrogens is 368 g/mol. The van der Waals surface area contributed by atoms with E-state index in [1.54, 1.807) is 0 Å². The Bertz CT molecular complexity index is 591. The van der Waals surface area contributed by atoms with Gasteiger partial charge in [-0.1, -0.05) is 23.7 Å². The first-order valence-electron chi connectivity index (χ1n) is 9.02. The highest BCUT2D eigenvalue weighted by molar-refractivity contribution is 7.99. The van der Waals surface area contributed by atoms with E-state index in [-0.39, 0.29) is 10.8 Å². The normalized spacial score (nSPS) is 17.8. The molecule has 1 aromatic rings. The first-order chi connectivity index (χ1) is 12.4. The Morgan fingerprint density at radius 1 is 1.35 bits per heavy atom. The molecule has 1 aliphatic rings. The summed E-state index contributed by atoms with van der Waals surface area (Å²) in [6.45, 7) is 9.44. The van der Waals surface area contributed by atoms with Crippen LogP contribution in [0.5, 0.6) is 0 Å². The largest absolute Gasteiger partial charge is 0.379 e. The molecule has 26 heavy (non-hydrogen) atoms. The summed E-state index contributed by atoms with van der Waals surface area (Å²) in [7, 11) is 1.81. The topological polar surface area (TPSA) is 48.9 Å². The van der Waals surface area contributed by atoms with Crippen LogP contribution in [0.3, 0.4) is 0 Å². The van der Waals surface area contributed by atoms with Crippen molar-refractivity contribution in [3.05, 3.63) is 34.9 Å². The van der Waals surface area contributed by atoms with Gasteiger partial charge in [0.25, 0.3) is 0 Å². The van der Waals surface area contributed by atoms with E-state index in [1.807, 2.05) is 30.9 Å². The van der Waals surface area contributed by atoms with Gasteiger partial charge in [0.05, 0.1) is 19.3 Å². The van der Waals surface area contributed by atoms with E-state index in [2.05, 4.69) is 52.8 Å². The molecule has 1 unspecified atom stereocenters. The summed E-state index contributed by atoms with van der Waals surface area (Å²) in [6, 6.07) is 8.35. The zero-order valence-electron chi connectivity index (χ0n) is 16.2. The number of aliphatic imine (C=N–C) groups is 1. The lowest BCUT2D eigenvalue weighted by molar-refractivity contribution is 0.0170. The number of hydrogen-bond acceptors (Lipinski definition) is 4. The Morgan fingerprint density at radius 3 is 2.69 bits per heavy atom. The van der Waals surface area contributed by atoms with Gasteiger partial charge in [0, 0.05) is 43.0 Å². The maximum absolute atomic E-state index is 6.23. The smallest absolute Gasteiger partial charge is 0.191 e. The molecule has 0 amide bonds. The van der Waals surface area contributed by atoms with Crippen LogP contribution >= 0.6 is 23.4 Å². The summed E-state index contributed by atoms with van der Waals surface area (Å²) in [5.41, 5.74) is 1.21. The van der Waals surface area contributed by atoms with E-state index in [1.165, 1.54) is 5.56 Å². The van der Waals surface area contributed by atoms with Crippen molar-refractivity contribution in [3.8, 4) is 0 Å². The van der Waals surface area contributed by atoms with E-state index in [4.69, 9.17) is 16.3 Å². The van der Waals surface area contributed by atoms with Gasteiger partial charge in [-0.3, -0.25) is 9.89 Å². The predicted molar refractivity (Wildman–Crippen MR) is 114 cm³/mol. The van der Waals surface area contributed by atoms with E-state index in [0.29, 0.717) is 0 Å². The molecule has 2 N–H and O–H groups in total. The highest BCUT2D eigenvalue weighted by atomic mass is 35.5. The Kier molecular flexibility index (Phi) is 8.54. The van der Waals surface area contributed by atoms with E-state index in [9.17, 15) is 0 Å². The third-order valence-corrected chi connectivity index (χ3v) is 6.13. The van der Waals surface area contributed by atoms with E-state index in [0.717, 1.165) is 50.4 Å². The average Bonchev–Trinajstić information content (AvgIpc) is 2.65. The van der Waals surface area contributed by atoms with Gasteiger partial charge in [0.15, 0.2) is 5.96 Å². The SMILES string of the molecule is CN=C(NCC(c1cccc(Cl)c1)N1CCOCC1)NCC(C)(C)SC. The molecule has 1 saturated heterocycles. The molecular formula is C19H31ClN4OS. The maximum Gasteiger partial charge on any atom is 0.191 e. The van der Waals surface area contributed by atoms with Gasteiger partial charge in [0.2, 0.25) is 0 Å². The lowest BCUT2D eigenvalue weighted by Crippen LogP contribution is -2.48. The van der Waals surface area contributed by atoms with Crippen molar-refractivity contribution in [3.63, 3.8) is 0 Å². The third kappa shape index (κ3) is 6.65. The van der Waals surface area contributed by atoms with Crippen molar-refractivity contribution in [1.29, 1.82) is 0 Å². The standard InChI is InChI=1S/C19H31ClN4OS/c1-19(2,26-4)14-23-18(21-3)22-13-17(24-8-10-25-11-9-24)15-6-5-7-16(20)12-15/h5-7,12,17H,8-11,13-14H2,1-4H3,(H2,21,22,23). The minimum Gasteiger partial charge on any atom is -0.379 e. The number of benzene rings is 1. The number of guanidine groups is 1. The number of hydrogen-bond donors (Lipinski definition) is 2.